The van der Waals surface area contributed by atoms with Gasteiger partial charge in [-0.3, -0.25) is 4.79 Å². The molecule has 3 heteroatoms. The lowest BCUT2D eigenvalue weighted by atomic mass is 10.2. The molecule has 0 unspecified atom stereocenters. The average molecular weight is 221 g/mol. The predicted molar refractivity (Wildman–Crippen MR) is 65.1 cm³/mol. The summed E-state index contributed by atoms with van der Waals surface area (Å²) >= 11 is 0. The summed E-state index contributed by atoms with van der Waals surface area (Å²) in [4.78, 5) is 12.8. The molecule has 0 aliphatic carbocycles. The third-order valence-corrected chi connectivity index (χ3v) is 2.59. The Morgan fingerprint density at radius 2 is 1.81 bits per heavy atom. The molecule has 1 aromatic rings. The number of hydrogen-bond donors (Lipinski definition) is 0. The number of hydrogen-bond acceptors (Lipinski definition) is 3. The summed E-state index contributed by atoms with van der Waals surface area (Å²) in [7, 11) is 0. The van der Waals surface area contributed by atoms with Crippen molar-refractivity contribution in [2.45, 2.75) is 13.8 Å². The summed E-state index contributed by atoms with van der Waals surface area (Å²) in [5.74, 6) is 0.817. The van der Waals surface area contributed by atoms with Gasteiger partial charge in [-0.15, -0.1) is 0 Å². The van der Waals surface area contributed by atoms with Crippen LogP contribution in [0.25, 0.3) is 0 Å². The Bertz CT molecular complexity index is 304. The number of ether oxygens (including phenoxy) is 1. The predicted octanol–water partition coefficient (Wildman–Crippen LogP) is 2.22. The van der Waals surface area contributed by atoms with Crippen LogP contribution in [0, 0.1) is 0 Å². The van der Waals surface area contributed by atoms with Crippen molar-refractivity contribution in [3.63, 3.8) is 0 Å². The molecule has 1 rings (SSSR count). The van der Waals surface area contributed by atoms with Gasteiger partial charge in [-0.05, 0) is 37.4 Å². The maximum Gasteiger partial charge on any atom is 0.150 e. The van der Waals surface area contributed by atoms with Gasteiger partial charge >= 0.3 is 0 Å². The summed E-state index contributed by atoms with van der Waals surface area (Å²) in [6.45, 7) is 7.99. The van der Waals surface area contributed by atoms with E-state index in [1.165, 1.54) is 0 Å². The van der Waals surface area contributed by atoms with Gasteiger partial charge in [0, 0.05) is 12.1 Å². The molecule has 88 valence electrons. The smallest absolute Gasteiger partial charge is 0.150 e. The van der Waals surface area contributed by atoms with Crippen LogP contribution in [0.4, 0.5) is 0 Å². The van der Waals surface area contributed by atoms with E-state index < -0.39 is 0 Å². The fourth-order valence-corrected chi connectivity index (χ4v) is 1.48. The van der Waals surface area contributed by atoms with Crippen LogP contribution in [0.1, 0.15) is 24.2 Å². The standard InChI is InChI=1S/C13H19NO2/c1-3-14(4-2)9-10-16-13-7-5-12(11-15)6-8-13/h5-8,11H,3-4,9-10H2,1-2H3. The van der Waals surface area contributed by atoms with Gasteiger partial charge in [-0.25, -0.2) is 0 Å². The second-order valence-electron chi connectivity index (χ2n) is 3.56. The van der Waals surface area contributed by atoms with E-state index >= 15 is 0 Å². The molecule has 0 aliphatic rings. The fraction of sp³-hybridized carbons (Fsp3) is 0.462. The molecule has 0 amide bonds. The summed E-state index contributed by atoms with van der Waals surface area (Å²) in [6, 6.07) is 7.18. The molecule has 0 fully saturated rings. The first-order chi connectivity index (χ1) is 7.80. The highest BCUT2D eigenvalue weighted by molar-refractivity contribution is 5.74. The van der Waals surface area contributed by atoms with Crippen molar-refractivity contribution in [2.24, 2.45) is 0 Å². The van der Waals surface area contributed by atoms with Gasteiger partial charge in [0.25, 0.3) is 0 Å². The minimum Gasteiger partial charge on any atom is -0.492 e. The van der Waals surface area contributed by atoms with Crippen LogP contribution in [0.15, 0.2) is 24.3 Å². The van der Waals surface area contributed by atoms with Crippen molar-refractivity contribution in [1.82, 2.24) is 4.90 Å². The molecule has 0 N–H and O–H groups in total. The number of rotatable bonds is 7. The number of aldehydes is 1. The summed E-state index contributed by atoms with van der Waals surface area (Å²) in [5.41, 5.74) is 0.677. The average Bonchev–Trinajstić information content (AvgIpc) is 2.35. The number of carbonyl (C=O) groups is 1. The van der Waals surface area contributed by atoms with Crippen molar-refractivity contribution in [2.75, 3.05) is 26.2 Å². The molecule has 0 saturated heterocycles. The van der Waals surface area contributed by atoms with Gasteiger partial charge in [-0.1, -0.05) is 13.8 Å². The van der Waals surface area contributed by atoms with E-state index in [9.17, 15) is 4.79 Å². The van der Waals surface area contributed by atoms with E-state index in [2.05, 4.69) is 18.7 Å². The number of benzene rings is 1. The maximum absolute atomic E-state index is 10.5. The van der Waals surface area contributed by atoms with E-state index in [-0.39, 0.29) is 0 Å². The first-order valence-electron chi connectivity index (χ1n) is 5.70. The van der Waals surface area contributed by atoms with Crippen LogP contribution in [0.2, 0.25) is 0 Å². The molecule has 0 aliphatic heterocycles. The Balaban J connectivity index is 2.34. The number of carbonyl (C=O) groups excluding carboxylic acids is 1. The third kappa shape index (κ3) is 4.03. The Labute approximate surface area is 97.0 Å². The molecule has 3 nitrogen and oxygen atoms in total. The van der Waals surface area contributed by atoms with E-state index in [1.54, 1.807) is 12.1 Å². The Morgan fingerprint density at radius 3 is 2.31 bits per heavy atom. The third-order valence-electron chi connectivity index (χ3n) is 2.59. The second-order valence-corrected chi connectivity index (χ2v) is 3.56. The normalized spacial score (nSPS) is 10.4. The van der Waals surface area contributed by atoms with Crippen LogP contribution in [0.5, 0.6) is 5.75 Å². The molecule has 0 radical (unpaired) electrons. The fourth-order valence-electron chi connectivity index (χ4n) is 1.48. The van der Waals surface area contributed by atoms with Gasteiger partial charge in [0.05, 0.1) is 0 Å². The number of nitrogens with zero attached hydrogens (tertiary/aromatic N) is 1. The molecule has 0 saturated carbocycles. The lowest BCUT2D eigenvalue weighted by Crippen LogP contribution is -2.27. The van der Waals surface area contributed by atoms with Crippen molar-refractivity contribution in [3.05, 3.63) is 29.8 Å². The highest BCUT2D eigenvalue weighted by Gasteiger charge is 1.99. The van der Waals surface area contributed by atoms with Gasteiger partial charge < -0.3 is 9.64 Å². The number of likely N-dealkylation sites (N-methyl/N-ethyl adjacent to an activating group) is 1. The lowest BCUT2D eigenvalue weighted by molar-refractivity contribution is 0.112. The summed E-state index contributed by atoms with van der Waals surface area (Å²) in [6.07, 6.45) is 0.833. The summed E-state index contributed by atoms with van der Waals surface area (Å²) in [5, 5.41) is 0. The van der Waals surface area contributed by atoms with Gasteiger partial charge in [0.15, 0.2) is 0 Å². The van der Waals surface area contributed by atoms with E-state index in [0.29, 0.717) is 12.2 Å². The summed E-state index contributed by atoms with van der Waals surface area (Å²) < 4.78 is 5.58. The Kier molecular flexibility index (Phi) is 5.57. The Hall–Kier alpha value is -1.35. The van der Waals surface area contributed by atoms with Crippen LogP contribution >= 0.6 is 0 Å². The van der Waals surface area contributed by atoms with Gasteiger partial charge in [0.2, 0.25) is 0 Å². The molecule has 0 aromatic heterocycles. The molecule has 0 spiro atoms. The van der Waals surface area contributed by atoms with Crippen LogP contribution < -0.4 is 4.74 Å². The largest absolute Gasteiger partial charge is 0.492 e. The van der Waals surface area contributed by atoms with Crippen LogP contribution in [-0.4, -0.2) is 37.4 Å². The van der Waals surface area contributed by atoms with Gasteiger partial charge in [-0.2, -0.15) is 0 Å². The van der Waals surface area contributed by atoms with Gasteiger partial charge in [0.1, 0.15) is 18.6 Å². The quantitative estimate of drug-likeness (QED) is 0.661. The van der Waals surface area contributed by atoms with Crippen LogP contribution in [-0.2, 0) is 0 Å². The van der Waals surface area contributed by atoms with Crippen molar-refractivity contribution in [3.8, 4) is 5.75 Å². The maximum atomic E-state index is 10.5. The monoisotopic (exact) mass is 221 g/mol. The zero-order chi connectivity index (χ0) is 11.8. The van der Waals surface area contributed by atoms with E-state index in [4.69, 9.17) is 4.74 Å². The van der Waals surface area contributed by atoms with Crippen molar-refractivity contribution < 1.29 is 9.53 Å². The molecular formula is C13H19NO2. The van der Waals surface area contributed by atoms with Crippen LogP contribution in [0.3, 0.4) is 0 Å². The molecule has 1 aromatic carbocycles. The molecular weight excluding hydrogens is 202 g/mol. The lowest BCUT2D eigenvalue weighted by Gasteiger charge is -2.17. The minimum atomic E-state index is 0.677. The van der Waals surface area contributed by atoms with E-state index in [0.717, 1.165) is 31.7 Å². The topological polar surface area (TPSA) is 29.5 Å². The highest BCUT2D eigenvalue weighted by Crippen LogP contribution is 2.10. The zero-order valence-corrected chi connectivity index (χ0v) is 9.98. The van der Waals surface area contributed by atoms with Crippen molar-refractivity contribution >= 4 is 6.29 Å². The minimum absolute atomic E-state index is 0.677. The first-order valence-corrected chi connectivity index (χ1v) is 5.70. The van der Waals surface area contributed by atoms with Crippen molar-refractivity contribution in [1.29, 1.82) is 0 Å². The molecule has 0 heterocycles. The zero-order valence-electron chi connectivity index (χ0n) is 9.98. The SMILES string of the molecule is CCN(CC)CCOc1ccc(C=O)cc1. The molecule has 16 heavy (non-hydrogen) atoms. The van der Waals surface area contributed by atoms with E-state index in [1.807, 2.05) is 12.1 Å². The molecule has 0 atom stereocenters. The Morgan fingerprint density at radius 1 is 1.19 bits per heavy atom. The highest BCUT2D eigenvalue weighted by atomic mass is 16.5. The second kappa shape index (κ2) is 7.01. The molecule has 0 bridgehead atoms. The first kappa shape index (κ1) is 12.7.